The first-order valence-electron chi connectivity index (χ1n) is 13.3. The van der Waals surface area contributed by atoms with E-state index in [0.717, 1.165) is 35.3 Å². The Labute approximate surface area is 240 Å². The van der Waals surface area contributed by atoms with Crippen LogP contribution in [0.4, 0.5) is 5.82 Å². The lowest BCUT2D eigenvalue weighted by Gasteiger charge is -2.16. The molecule has 5 heterocycles. The van der Waals surface area contributed by atoms with Crippen molar-refractivity contribution in [2.45, 2.75) is 25.8 Å². The maximum Gasteiger partial charge on any atom is 0.253 e. The summed E-state index contributed by atoms with van der Waals surface area (Å²) in [7, 11) is 0. The smallest absolute Gasteiger partial charge is 0.253 e. The fraction of sp³-hybridized carbons (Fsp3) is 0.129. The van der Waals surface area contributed by atoms with E-state index in [-0.39, 0.29) is 11.9 Å². The van der Waals surface area contributed by atoms with E-state index in [1.54, 1.807) is 36.9 Å². The first kappa shape index (κ1) is 25.1. The van der Waals surface area contributed by atoms with E-state index in [2.05, 4.69) is 37.5 Å². The van der Waals surface area contributed by atoms with E-state index >= 15 is 0 Å². The van der Waals surface area contributed by atoms with E-state index in [9.17, 15) is 4.79 Å². The number of anilines is 1. The lowest BCUT2D eigenvalue weighted by molar-refractivity contribution is 0.0936. The molecule has 0 bridgehead atoms. The monoisotopic (exact) mass is 552 g/mol. The van der Waals surface area contributed by atoms with Gasteiger partial charge in [-0.3, -0.25) is 14.3 Å². The highest BCUT2D eigenvalue weighted by atomic mass is 16.1. The molecular weight excluding hydrogens is 528 g/mol. The SMILES string of the molecule is C#Cc1cc(-n2nccn2)nc2c1nc(-c1cccnc1N)n2-c1ccc2c(c1)CC[C@@H]2NC(=O)c1ccc(C)nc1. The Bertz CT molecular complexity index is 2020. The number of benzene rings is 1. The Balaban J connectivity index is 1.35. The number of nitrogens with one attached hydrogen (secondary N) is 1. The van der Waals surface area contributed by atoms with Gasteiger partial charge in [0.15, 0.2) is 17.3 Å². The number of rotatable bonds is 5. The lowest BCUT2D eigenvalue weighted by atomic mass is 10.1. The highest BCUT2D eigenvalue weighted by Crippen LogP contribution is 2.36. The normalized spacial score (nSPS) is 14.0. The zero-order chi connectivity index (χ0) is 28.8. The van der Waals surface area contributed by atoms with E-state index in [0.29, 0.717) is 45.3 Å². The van der Waals surface area contributed by atoms with Crippen LogP contribution >= 0.6 is 0 Å². The van der Waals surface area contributed by atoms with Gasteiger partial charge in [0.1, 0.15) is 11.3 Å². The number of aryl methyl sites for hydroxylation is 2. The fourth-order valence-electron chi connectivity index (χ4n) is 5.35. The zero-order valence-electron chi connectivity index (χ0n) is 22.6. The molecule has 6 aromatic rings. The predicted octanol–water partition coefficient (Wildman–Crippen LogP) is 3.75. The van der Waals surface area contributed by atoms with Crippen LogP contribution in [0, 0.1) is 19.3 Å². The van der Waals surface area contributed by atoms with Crippen LogP contribution in [0.2, 0.25) is 0 Å². The van der Waals surface area contributed by atoms with Gasteiger partial charge in [-0.25, -0.2) is 15.0 Å². The van der Waals surface area contributed by atoms with Crippen molar-refractivity contribution >= 4 is 22.9 Å². The number of hydrogen-bond donors (Lipinski definition) is 2. The molecule has 1 aromatic carbocycles. The summed E-state index contributed by atoms with van der Waals surface area (Å²) in [5.74, 6) is 3.94. The second-order valence-corrected chi connectivity index (χ2v) is 10.0. The van der Waals surface area contributed by atoms with Crippen LogP contribution in [0.3, 0.4) is 0 Å². The van der Waals surface area contributed by atoms with Gasteiger partial charge >= 0.3 is 0 Å². The average molecular weight is 553 g/mol. The van der Waals surface area contributed by atoms with Crippen molar-refractivity contribution in [2.75, 3.05) is 5.73 Å². The number of amides is 1. The molecule has 5 aromatic heterocycles. The second-order valence-electron chi connectivity index (χ2n) is 10.0. The highest BCUT2D eigenvalue weighted by Gasteiger charge is 2.27. The summed E-state index contributed by atoms with van der Waals surface area (Å²) in [6, 6.07) is 15.0. The molecular formula is C31H24N10O. The van der Waals surface area contributed by atoms with Crippen molar-refractivity contribution in [3.05, 3.63) is 101 Å². The summed E-state index contributed by atoms with van der Waals surface area (Å²) in [6.45, 7) is 1.89. The molecule has 204 valence electrons. The number of aromatic nitrogens is 8. The predicted molar refractivity (Wildman–Crippen MR) is 157 cm³/mol. The van der Waals surface area contributed by atoms with Gasteiger partial charge in [0.2, 0.25) is 0 Å². The quantitative estimate of drug-likeness (QED) is 0.308. The van der Waals surface area contributed by atoms with Crippen molar-refractivity contribution in [1.29, 1.82) is 0 Å². The third kappa shape index (κ3) is 4.22. The molecule has 42 heavy (non-hydrogen) atoms. The van der Waals surface area contributed by atoms with Crippen LogP contribution in [-0.4, -0.2) is 45.4 Å². The molecule has 1 atom stereocenters. The zero-order valence-corrected chi connectivity index (χ0v) is 22.6. The number of carbonyl (C=O) groups excluding carboxylic acids is 1. The van der Waals surface area contributed by atoms with Gasteiger partial charge in [-0.05, 0) is 67.3 Å². The summed E-state index contributed by atoms with van der Waals surface area (Å²) in [5, 5.41) is 11.6. The Kier molecular flexibility index (Phi) is 5.94. The number of nitrogens with two attached hydrogens (primary N) is 1. The molecule has 1 amide bonds. The van der Waals surface area contributed by atoms with Crippen LogP contribution < -0.4 is 11.1 Å². The van der Waals surface area contributed by atoms with Gasteiger partial charge < -0.3 is 11.1 Å². The molecule has 0 radical (unpaired) electrons. The largest absolute Gasteiger partial charge is 0.383 e. The molecule has 11 nitrogen and oxygen atoms in total. The van der Waals surface area contributed by atoms with Crippen molar-refractivity contribution < 1.29 is 4.79 Å². The number of nitrogen functional groups attached to an aromatic ring is 1. The first-order valence-corrected chi connectivity index (χ1v) is 13.3. The number of fused-ring (bicyclic) bond motifs is 2. The maximum absolute atomic E-state index is 12.9. The topological polar surface area (TPSA) is 142 Å². The standard InChI is InChI=1S/C31H24N10O/c1-3-19-16-26(41-35-13-14-36-41)38-30-27(19)39-29(24-5-4-12-33-28(24)32)40(30)22-9-10-23-20(15-22)8-11-25(23)37-31(42)21-7-6-18(2)34-17-21/h1,4-7,9-10,12-17,25H,8,11H2,2H3,(H2,32,33)(H,37,42)/t25-/m0/s1. The number of terminal acetylenes is 1. The van der Waals surface area contributed by atoms with E-state index in [1.165, 1.54) is 4.80 Å². The van der Waals surface area contributed by atoms with Gasteiger partial charge in [-0.1, -0.05) is 12.0 Å². The third-order valence-electron chi connectivity index (χ3n) is 7.40. The minimum atomic E-state index is -0.148. The minimum absolute atomic E-state index is 0.112. The first-order chi connectivity index (χ1) is 20.5. The van der Waals surface area contributed by atoms with Gasteiger partial charge in [-0.2, -0.15) is 10.2 Å². The Morgan fingerprint density at radius 3 is 2.69 bits per heavy atom. The minimum Gasteiger partial charge on any atom is -0.383 e. The second kappa shape index (κ2) is 9.94. The van der Waals surface area contributed by atoms with Crippen molar-refractivity contribution in [3.8, 4) is 35.2 Å². The molecule has 7 rings (SSSR count). The van der Waals surface area contributed by atoms with Crippen molar-refractivity contribution in [1.82, 2.24) is 44.8 Å². The van der Waals surface area contributed by atoms with E-state index in [1.807, 2.05) is 41.8 Å². The highest BCUT2D eigenvalue weighted by molar-refractivity contribution is 5.94. The van der Waals surface area contributed by atoms with E-state index in [4.69, 9.17) is 22.1 Å². The van der Waals surface area contributed by atoms with Crippen LogP contribution in [0.5, 0.6) is 0 Å². The average Bonchev–Trinajstić information content (AvgIpc) is 3.76. The molecule has 0 fully saturated rings. The van der Waals surface area contributed by atoms with Gasteiger partial charge in [0.25, 0.3) is 5.91 Å². The Morgan fingerprint density at radius 2 is 1.93 bits per heavy atom. The molecule has 3 N–H and O–H groups in total. The molecule has 0 aliphatic heterocycles. The summed E-state index contributed by atoms with van der Waals surface area (Å²) in [6.07, 6.45) is 13.9. The molecule has 11 heteroatoms. The maximum atomic E-state index is 12.9. The van der Waals surface area contributed by atoms with Crippen LogP contribution in [0.25, 0.3) is 34.1 Å². The number of carbonyl (C=O) groups is 1. The molecule has 1 aliphatic rings. The summed E-state index contributed by atoms with van der Waals surface area (Å²) in [5.41, 5.74) is 13.0. The molecule has 0 saturated heterocycles. The molecule has 0 spiro atoms. The van der Waals surface area contributed by atoms with Crippen molar-refractivity contribution in [2.24, 2.45) is 0 Å². The Hall–Kier alpha value is -5.89. The van der Waals surface area contributed by atoms with Gasteiger partial charge in [0, 0.05) is 29.8 Å². The Morgan fingerprint density at radius 1 is 1.07 bits per heavy atom. The molecule has 0 saturated carbocycles. The fourth-order valence-corrected chi connectivity index (χ4v) is 5.35. The number of imidazole rings is 1. The molecule has 0 unspecified atom stereocenters. The van der Waals surface area contributed by atoms with Gasteiger partial charge in [-0.15, -0.1) is 11.2 Å². The number of nitrogens with zero attached hydrogens (tertiary/aromatic N) is 8. The summed E-state index contributed by atoms with van der Waals surface area (Å²) >= 11 is 0. The van der Waals surface area contributed by atoms with Gasteiger partial charge in [0.05, 0.1) is 35.1 Å². The molecule has 1 aliphatic carbocycles. The summed E-state index contributed by atoms with van der Waals surface area (Å²) in [4.78, 5) is 32.7. The van der Waals surface area contributed by atoms with Crippen molar-refractivity contribution in [3.63, 3.8) is 0 Å². The van der Waals surface area contributed by atoms with Crippen LogP contribution in [0.15, 0.2) is 73.3 Å². The summed E-state index contributed by atoms with van der Waals surface area (Å²) < 4.78 is 1.93. The number of hydrogen-bond acceptors (Lipinski definition) is 8. The van der Waals surface area contributed by atoms with Crippen LogP contribution in [-0.2, 0) is 6.42 Å². The third-order valence-corrected chi connectivity index (χ3v) is 7.40. The number of pyridine rings is 3. The lowest BCUT2D eigenvalue weighted by Crippen LogP contribution is -2.27. The van der Waals surface area contributed by atoms with Crippen LogP contribution in [0.1, 0.15) is 45.2 Å². The van der Waals surface area contributed by atoms with E-state index < -0.39 is 0 Å².